The molecule has 5 nitrogen and oxygen atoms in total. The fraction of sp³-hybridized carbons (Fsp3) is 0.316. The van der Waals surface area contributed by atoms with Crippen LogP contribution in [0.15, 0.2) is 64.4 Å². The van der Waals surface area contributed by atoms with Gasteiger partial charge in [-0.3, -0.25) is 19.5 Å². The summed E-state index contributed by atoms with van der Waals surface area (Å²) in [5.74, 6) is -0.369. The van der Waals surface area contributed by atoms with Gasteiger partial charge in [0.2, 0.25) is 0 Å². The Labute approximate surface area is 141 Å². The molecule has 2 heterocycles. The molecule has 0 aromatic heterocycles. The molecule has 0 aromatic rings. The molecule has 0 saturated heterocycles. The van der Waals surface area contributed by atoms with E-state index in [9.17, 15) is 14.7 Å². The Morgan fingerprint density at radius 3 is 2.67 bits per heavy atom. The summed E-state index contributed by atoms with van der Waals surface area (Å²) >= 11 is 0. The van der Waals surface area contributed by atoms with E-state index in [0.29, 0.717) is 16.8 Å². The molecule has 24 heavy (non-hydrogen) atoms. The molecule has 1 aliphatic carbocycles. The van der Waals surface area contributed by atoms with E-state index >= 15 is 0 Å². The molecule has 0 aromatic carbocycles. The lowest BCUT2D eigenvalue weighted by atomic mass is 9.86. The summed E-state index contributed by atoms with van der Waals surface area (Å²) in [6.07, 6.45) is 14.1. The van der Waals surface area contributed by atoms with Gasteiger partial charge in [-0.1, -0.05) is 42.5 Å². The third-order valence-electron chi connectivity index (χ3n) is 4.46. The molecule has 5 heteroatoms. The highest BCUT2D eigenvalue weighted by Gasteiger charge is 2.36. The smallest absolute Gasteiger partial charge is 0.261 e. The van der Waals surface area contributed by atoms with Gasteiger partial charge in [-0.2, -0.15) is 0 Å². The van der Waals surface area contributed by atoms with Gasteiger partial charge in [0.1, 0.15) is 6.10 Å². The van der Waals surface area contributed by atoms with Crippen molar-refractivity contribution in [3.63, 3.8) is 0 Å². The van der Waals surface area contributed by atoms with Crippen molar-refractivity contribution in [1.29, 1.82) is 0 Å². The van der Waals surface area contributed by atoms with Gasteiger partial charge in [-0.15, -0.1) is 0 Å². The van der Waals surface area contributed by atoms with Crippen molar-refractivity contribution in [2.24, 2.45) is 16.8 Å². The third kappa shape index (κ3) is 2.83. The predicted octanol–water partition coefficient (Wildman–Crippen LogP) is 1.94. The van der Waals surface area contributed by atoms with Crippen LogP contribution in [0.4, 0.5) is 0 Å². The van der Waals surface area contributed by atoms with Gasteiger partial charge in [0.05, 0.1) is 12.2 Å². The number of aliphatic hydroxyl groups excluding tert-OH is 1. The molecule has 1 N–H and O–H groups in total. The van der Waals surface area contributed by atoms with Gasteiger partial charge in [-0.25, -0.2) is 0 Å². The first kappa shape index (κ1) is 16.3. The maximum Gasteiger partial charge on any atom is 0.261 e. The van der Waals surface area contributed by atoms with Crippen molar-refractivity contribution in [2.45, 2.75) is 20.0 Å². The van der Waals surface area contributed by atoms with Crippen molar-refractivity contribution < 1.29 is 14.7 Å². The number of rotatable bonds is 4. The minimum absolute atomic E-state index is 0.0871. The molecule has 3 unspecified atom stereocenters. The van der Waals surface area contributed by atoms with Crippen LogP contribution in [0.3, 0.4) is 0 Å². The van der Waals surface area contributed by atoms with Crippen LogP contribution in [0.25, 0.3) is 0 Å². The topological polar surface area (TPSA) is 70.0 Å². The predicted molar refractivity (Wildman–Crippen MR) is 92.1 cm³/mol. The number of hydrogen-bond acceptors (Lipinski definition) is 4. The number of carbonyl (C=O) groups excluding carboxylic acids is 2. The number of hydrogen-bond donors (Lipinski definition) is 1. The quantitative estimate of drug-likeness (QED) is 0.803. The summed E-state index contributed by atoms with van der Waals surface area (Å²) in [5.41, 5.74) is 1.29. The lowest BCUT2D eigenvalue weighted by molar-refractivity contribution is -0.138. The van der Waals surface area contributed by atoms with Crippen LogP contribution in [-0.4, -0.2) is 40.7 Å². The van der Waals surface area contributed by atoms with Gasteiger partial charge < -0.3 is 5.11 Å². The number of carbonyl (C=O) groups is 2. The summed E-state index contributed by atoms with van der Waals surface area (Å²) in [7, 11) is 0. The van der Waals surface area contributed by atoms with Gasteiger partial charge in [0.15, 0.2) is 0 Å². The summed E-state index contributed by atoms with van der Waals surface area (Å²) in [6, 6.07) is 0. The minimum atomic E-state index is -0.993. The Morgan fingerprint density at radius 1 is 1.25 bits per heavy atom. The number of nitrogens with zero attached hydrogens (tertiary/aromatic N) is 2. The first-order chi connectivity index (χ1) is 11.5. The van der Waals surface area contributed by atoms with E-state index in [2.05, 4.69) is 11.1 Å². The van der Waals surface area contributed by atoms with E-state index in [1.54, 1.807) is 32.2 Å². The zero-order valence-corrected chi connectivity index (χ0v) is 13.7. The maximum absolute atomic E-state index is 12.4. The number of imide groups is 1. The number of allylic oxidation sites excluding steroid dienone is 6. The van der Waals surface area contributed by atoms with Crippen LogP contribution in [0.5, 0.6) is 0 Å². The summed E-state index contributed by atoms with van der Waals surface area (Å²) in [4.78, 5) is 30.0. The first-order valence-corrected chi connectivity index (χ1v) is 8.01. The standard InChI is InChI=1S/C19H20N2O3/c1-3-6-15-12(2)18(23)21(19(15)24)11-17(22)16-9-13-7-4-5-8-14(13)10-20-16/h3-10,13-14,17,22H,11H2,1-2H3/b6-3-. The lowest BCUT2D eigenvalue weighted by Crippen LogP contribution is -2.39. The molecule has 0 fully saturated rings. The summed E-state index contributed by atoms with van der Waals surface area (Å²) < 4.78 is 0. The van der Waals surface area contributed by atoms with E-state index in [0.717, 1.165) is 4.90 Å². The monoisotopic (exact) mass is 324 g/mol. The molecule has 0 saturated carbocycles. The molecule has 3 atom stereocenters. The molecule has 3 rings (SSSR count). The van der Waals surface area contributed by atoms with Crippen LogP contribution < -0.4 is 0 Å². The Bertz CT molecular complexity index is 753. The van der Waals surface area contributed by atoms with E-state index < -0.39 is 6.10 Å². The van der Waals surface area contributed by atoms with Crippen molar-refractivity contribution in [3.8, 4) is 0 Å². The summed E-state index contributed by atoms with van der Waals surface area (Å²) in [6.45, 7) is 3.33. The van der Waals surface area contributed by atoms with Crippen LogP contribution in [-0.2, 0) is 9.59 Å². The number of aliphatic imine (C=N–C) groups is 1. The van der Waals surface area contributed by atoms with E-state index in [4.69, 9.17) is 0 Å². The Balaban J connectivity index is 1.73. The number of fused-ring (bicyclic) bond motifs is 1. The van der Waals surface area contributed by atoms with Crippen molar-refractivity contribution in [3.05, 3.63) is 59.4 Å². The normalized spacial score (nSPS) is 27.3. The second-order valence-corrected chi connectivity index (χ2v) is 6.07. The van der Waals surface area contributed by atoms with E-state index in [1.807, 2.05) is 24.3 Å². The highest BCUT2D eigenvalue weighted by Crippen LogP contribution is 2.28. The van der Waals surface area contributed by atoms with Crippen LogP contribution in [0.2, 0.25) is 0 Å². The van der Waals surface area contributed by atoms with Crippen molar-refractivity contribution >= 4 is 18.0 Å². The SMILES string of the molecule is C/C=C\C1=C(C)C(=O)N(CC(O)C2=CC3C=CC=CC3C=N2)C1=O. The summed E-state index contributed by atoms with van der Waals surface area (Å²) in [5, 5.41) is 10.5. The van der Waals surface area contributed by atoms with Gasteiger partial charge in [0, 0.05) is 29.2 Å². The molecule has 3 aliphatic rings. The molecule has 0 spiro atoms. The average molecular weight is 324 g/mol. The fourth-order valence-electron chi connectivity index (χ4n) is 3.08. The van der Waals surface area contributed by atoms with Crippen LogP contribution in [0.1, 0.15) is 13.8 Å². The fourth-order valence-corrected chi connectivity index (χ4v) is 3.08. The third-order valence-corrected chi connectivity index (χ3v) is 4.46. The molecular weight excluding hydrogens is 304 g/mol. The number of aliphatic hydroxyl groups is 1. The molecule has 2 amide bonds. The highest BCUT2D eigenvalue weighted by atomic mass is 16.3. The Morgan fingerprint density at radius 2 is 1.96 bits per heavy atom. The van der Waals surface area contributed by atoms with Crippen molar-refractivity contribution in [1.82, 2.24) is 4.90 Å². The van der Waals surface area contributed by atoms with Gasteiger partial charge in [-0.05, 0) is 13.8 Å². The molecular formula is C19H20N2O3. The second kappa shape index (κ2) is 6.53. The van der Waals surface area contributed by atoms with Gasteiger partial charge >= 0.3 is 0 Å². The maximum atomic E-state index is 12.4. The molecule has 124 valence electrons. The van der Waals surface area contributed by atoms with Crippen LogP contribution >= 0.6 is 0 Å². The Hall–Kier alpha value is -2.53. The van der Waals surface area contributed by atoms with Crippen molar-refractivity contribution in [2.75, 3.05) is 6.54 Å². The average Bonchev–Trinajstić information content (AvgIpc) is 2.79. The zero-order valence-electron chi connectivity index (χ0n) is 13.7. The molecule has 2 aliphatic heterocycles. The van der Waals surface area contributed by atoms with E-state index in [1.165, 1.54) is 0 Å². The number of β-amino-alcohol motifs (C(OH)–C–C–N with tert-alkyl or cyclic N) is 1. The molecule has 0 radical (unpaired) electrons. The van der Waals surface area contributed by atoms with Gasteiger partial charge in [0.25, 0.3) is 11.8 Å². The zero-order chi connectivity index (χ0) is 17.3. The first-order valence-electron chi connectivity index (χ1n) is 8.01. The number of amides is 2. The largest absolute Gasteiger partial charge is 0.385 e. The second-order valence-electron chi connectivity index (χ2n) is 6.07. The van der Waals surface area contributed by atoms with Crippen LogP contribution in [0, 0.1) is 11.8 Å². The minimum Gasteiger partial charge on any atom is -0.385 e. The highest BCUT2D eigenvalue weighted by molar-refractivity contribution is 6.20. The lowest BCUT2D eigenvalue weighted by Gasteiger charge is -2.25. The Kier molecular flexibility index (Phi) is 4.44. The van der Waals surface area contributed by atoms with E-state index in [-0.39, 0.29) is 30.2 Å². The molecule has 0 bridgehead atoms.